The maximum absolute atomic E-state index is 12.9. The molecule has 0 spiro atoms. The molecule has 0 unspecified atom stereocenters. The van der Waals surface area contributed by atoms with E-state index in [2.05, 4.69) is 0 Å². The second-order valence-electron chi connectivity index (χ2n) is 5.41. The Kier molecular flexibility index (Phi) is 3.01. The Morgan fingerprint density at radius 3 is 2.39 bits per heavy atom. The van der Waals surface area contributed by atoms with Crippen molar-refractivity contribution in [1.82, 2.24) is 0 Å². The minimum absolute atomic E-state index is 0.0496. The second kappa shape index (κ2) is 5.05. The monoisotopic (exact) mass is 304 g/mol. The summed E-state index contributed by atoms with van der Waals surface area (Å²) >= 11 is 0. The molecular formula is C18H13BO4. The Bertz CT molecular complexity index is 883. The zero-order chi connectivity index (χ0) is 16.0. The van der Waals surface area contributed by atoms with Crippen LogP contribution in [0.5, 0.6) is 23.0 Å². The SMILES string of the molecule is C/C=C\C=C1\Oc2cccc3c2B(C1=O)c1c(O)cccc1O3. The summed E-state index contributed by atoms with van der Waals surface area (Å²) in [7, 11) is 0. The summed E-state index contributed by atoms with van der Waals surface area (Å²) in [5.74, 6) is 1.98. The zero-order valence-electron chi connectivity index (χ0n) is 12.4. The first-order valence-electron chi connectivity index (χ1n) is 7.38. The van der Waals surface area contributed by atoms with E-state index in [0.29, 0.717) is 28.2 Å². The summed E-state index contributed by atoms with van der Waals surface area (Å²) in [5, 5.41) is 10.3. The molecule has 0 saturated carbocycles. The fraction of sp³-hybridized carbons (Fsp3) is 0.0556. The Labute approximate surface area is 133 Å². The van der Waals surface area contributed by atoms with Gasteiger partial charge in [-0.15, -0.1) is 0 Å². The van der Waals surface area contributed by atoms with Crippen LogP contribution in [0.1, 0.15) is 6.92 Å². The highest BCUT2D eigenvalue weighted by Crippen LogP contribution is 2.34. The van der Waals surface area contributed by atoms with Crippen molar-refractivity contribution in [2.75, 3.05) is 0 Å². The predicted octanol–water partition coefficient (Wildman–Crippen LogP) is 2.07. The first kappa shape index (κ1) is 13.7. The molecule has 0 amide bonds. The van der Waals surface area contributed by atoms with Crippen molar-refractivity contribution in [3.8, 4) is 23.0 Å². The van der Waals surface area contributed by atoms with Crippen LogP contribution in [0.2, 0.25) is 0 Å². The Morgan fingerprint density at radius 1 is 1.00 bits per heavy atom. The summed E-state index contributed by atoms with van der Waals surface area (Å²) in [6, 6.07) is 10.4. The Hall–Kier alpha value is -2.95. The lowest BCUT2D eigenvalue weighted by atomic mass is 9.35. The van der Waals surface area contributed by atoms with E-state index in [4.69, 9.17) is 9.47 Å². The minimum Gasteiger partial charge on any atom is -0.508 e. The molecule has 4 rings (SSSR count). The largest absolute Gasteiger partial charge is 0.508 e. The number of rotatable bonds is 1. The molecule has 1 N–H and O–H groups in total. The van der Waals surface area contributed by atoms with E-state index in [1.165, 1.54) is 0 Å². The molecule has 4 nitrogen and oxygen atoms in total. The van der Waals surface area contributed by atoms with Crippen LogP contribution in [-0.2, 0) is 4.79 Å². The number of carbonyl (C=O) groups excluding carboxylic acids is 1. The van der Waals surface area contributed by atoms with Gasteiger partial charge in [-0.3, -0.25) is 0 Å². The molecule has 5 heteroatoms. The van der Waals surface area contributed by atoms with Gasteiger partial charge in [0.05, 0.1) is 0 Å². The first-order chi connectivity index (χ1) is 11.2. The number of ether oxygens (including phenoxy) is 2. The van der Waals surface area contributed by atoms with Gasteiger partial charge in [-0.05, 0) is 37.3 Å². The molecule has 0 aromatic heterocycles. The van der Waals surface area contributed by atoms with Gasteiger partial charge in [-0.25, -0.2) is 0 Å². The van der Waals surface area contributed by atoms with Gasteiger partial charge in [0.1, 0.15) is 23.0 Å². The lowest BCUT2D eigenvalue weighted by molar-refractivity contribution is -0.111. The van der Waals surface area contributed by atoms with Crippen LogP contribution in [-0.4, -0.2) is 17.5 Å². The highest BCUT2D eigenvalue weighted by atomic mass is 16.5. The molecule has 2 aliphatic rings. The second-order valence-corrected chi connectivity index (χ2v) is 5.41. The van der Waals surface area contributed by atoms with Crippen LogP contribution in [0, 0.1) is 0 Å². The van der Waals surface area contributed by atoms with Gasteiger partial charge in [0, 0.05) is 10.9 Å². The smallest absolute Gasteiger partial charge is 0.316 e. The van der Waals surface area contributed by atoms with Crippen molar-refractivity contribution in [2.45, 2.75) is 6.92 Å². The van der Waals surface area contributed by atoms with Crippen LogP contribution < -0.4 is 20.4 Å². The van der Waals surface area contributed by atoms with Crippen molar-refractivity contribution < 1.29 is 19.4 Å². The summed E-state index contributed by atoms with van der Waals surface area (Å²) in [6.45, 7) is 1.25. The molecule has 2 aliphatic heterocycles. The van der Waals surface area contributed by atoms with E-state index in [1.807, 2.05) is 19.1 Å². The maximum Gasteiger partial charge on any atom is 0.316 e. The van der Waals surface area contributed by atoms with Gasteiger partial charge in [0.25, 0.3) is 0 Å². The van der Waals surface area contributed by atoms with Crippen LogP contribution in [0.3, 0.4) is 0 Å². The third kappa shape index (κ3) is 1.97. The van der Waals surface area contributed by atoms with Crippen LogP contribution in [0.25, 0.3) is 0 Å². The minimum atomic E-state index is -0.614. The Morgan fingerprint density at radius 2 is 1.65 bits per heavy atom. The average molecular weight is 304 g/mol. The van der Waals surface area contributed by atoms with Crippen LogP contribution in [0.4, 0.5) is 0 Å². The van der Waals surface area contributed by atoms with E-state index >= 15 is 0 Å². The quantitative estimate of drug-likeness (QED) is 0.647. The number of phenolic OH excluding ortho intramolecular Hbond substituents is 1. The lowest BCUT2D eigenvalue weighted by Gasteiger charge is -2.31. The molecule has 0 saturated heterocycles. The highest BCUT2D eigenvalue weighted by molar-refractivity contribution is 7.11. The molecule has 2 aromatic rings. The third-order valence-electron chi connectivity index (χ3n) is 4.03. The number of fused-ring (bicyclic) bond motifs is 2. The van der Waals surface area contributed by atoms with Gasteiger partial charge in [-0.2, -0.15) is 0 Å². The van der Waals surface area contributed by atoms with Gasteiger partial charge < -0.3 is 19.4 Å². The predicted molar refractivity (Wildman–Crippen MR) is 88.2 cm³/mol. The molecule has 0 bridgehead atoms. The van der Waals surface area contributed by atoms with Gasteiger partial charge in [0.2, 0.25) is 0 Å². The van der Waals surface area contributed by atoms with E-state index in [-0.39, 0.29) is 17.2 Å². The average Bonchev–Trinajstić information content (AvgIpc) is 2.56. The summed E-state index contributed by atoms with van der Waals surface area (Å²) < 4.78 is 11.6. The van der Waals surface area contributed by atoms with Gasteiger partial charge in [-0.1, -0.05) is 24.3 Å². The Balaban J connectivity index is 1.99. The molecule has 0 fully saturated rings. The topological polar surface area (TPSA) is 55.8 Å². The summed E-state index contributed by atoms with van der Waals surface area (Å²) in [6.07, 6.45) is 5.23. The van der Waals surface area contributed by atoms with Crippen molar-refractivity contribution in [1.29, 1.82) is 0 Å². The molecule has 2 aromatic carbocycles. The normalized spacial score (nSPS) is 16.8. The number of hydrogen-bond acceptors (Lipinski definition) is 4. The van der Waals surface area contributed by atoms with Gasteiger partial charge in [0.15, 0.2) is 11.4 Å². The zero-order valence-corrected chi connectivity index (χ0v) is 12.4. The summed E-state index contributed by atoms with van der Waals surface area (Å²) in [5.41, 5.74) is 0.977. The number of aromatic hydroxyl groups is 1. The lowest BCUT2D eigenvalue weighted by Crippen LogP contribution is -2.56. The number of hydrogen-bond donors (Lipinski definition) is 1. The number of benzene rings is 2. The van der Waals surface area contributed by atoms with Crippen molar-refractivity contribution >= 4 is 23.3 Å². The van der Waals surface area contributed by atoms with Gasteiger partial charge >= 0.3 is 6.71 Å². The van der Waals surface area contributed by atoms with Crippen LogP contribution >= 0.6 is 0 Å². The molecule has 0 radical (unpaired) electrons. The molecule has 0 aliphatic carbocycles. The van der Waals surface area contributed by atoms with E-state index in [9.17, 15) is 9.90 Å². The third-order valence-corrected chi connectivity index (χ3v) is 4.03. The number of allylic oxidation sites excluding steroid dienone is 4. The van der Waals surface area contributed by atoms with Crippen molar-refractivity contribution in [2.24, 2.45) is 0 Å². The maximum atomic E-state index is 12.9. The van der Waals surface area contributed by atoms with E-state index in [1.54, 1.807) is 42.5 Å². The highest BCUT2D eigenvalue weighted by Gasteiger charge is 2.45. The number of phenols is 1. The van der Waals surface area contributed by atoms with E-state index in [0.717, 1.165) is 0 Å². The van der Waals surface area contributed by atoms with E-state index < -0.39 is 6.71 Å². The molecule has 2 heterocycles. The summed E-state index contributed by atoms with van der Waals surface area (Å²) in [4.78, 5) is 12.9. The van der Waals surface area contributed by atoms with Crippen molar-refractivity contribution in [3.63, 3.8) is 0 Å². The fourth-order valence-corrected chi connectivity index (χ4v) is 3.03. The number of carbonyl (C=O) groups is 1. The molecule has 0 atom stereocenters. The fourth-order valence-electron chi connectivity index (χ4n) is 3.03. The standard InChI is InChI=1S/C18H13BO4/c1-2-3-7-15-18(21)19-16-11(20)6-4-8-12(16)22-13-9-5-10-14(23-15)17(13)19/h2-10,20H,1H3/b3-2-,15-7+. The van der Waals surface area contributed by atoms with Crippen molar-refractivity contribution in [3.05, 3.63) is 60.4 Å². The van der Waals surface area contributed by atoms with Crippen LogP contribution in [0.15, 0.2) is 60.4 Å². The first-order valence-corrected chi connectivity index (χ1v) is 7.38. The molecule has 112 valence electrons. The molecular weight excluding hydrogens is 291 g/mol. The molecule has 23 heavy (non-hydrogen) atoms.